The monoisotopic (exact) mass is 809 g/mol. The van der Waals surface area contributed by atoms with Crippen molar-refractivity contribution in [2.24, 2.45) is 39.4 Å². The highest BCUT2D eigenvalue weighted by atomic mass is 16.7. The average Bonchev–Trinajstić information content (AvgIpc) is 3.81. The van der Waals surface area contributed by atoms with Crippen molar-refractivity contribution in [1.82, 2.24) is 0 Å². The zero-order valence-corrected chi connectivity index (χ0v) is 37.8. The van der Waals surface area contributed by atoms with Crippen molar-refractivity contribution in [2.75, 3.05) is 0 Å². The molecule has 1 N–H and O–H groups in total. The van der Waals surface area contributed by atoms with Gasteiger partial charge in [-0.2, -0.15) is 0 Å². The lowest BCUT2D eigenvalue weighted by atomic mass is 9.67. The summed E-state index contributed by atoms with van der Waals surface area (Å²) in [4.78, 5) is 48.1. The first-order valence-electron chi connectivity index (χ1n) is 21.5. The van der Waals surface area contributed by atoms with E-state index in [4.69, 9.17) is 23.7 Å². The van der Waals surface area contributed by atoms with Gasteiger partial charge in [0.2, 0.25) is 0 Å². The summed E-state index contributed by atoms with van der Waals surface area (Å²) in [5.41, 5.74) is -1.34. The van der Waals surface area contributed by atoms with Crippen LogP contribution in [0.3, 0.4) is 0 Å². The zero-order valence-electron chi connectivity index (χ0n) is 37.8. The number of ether oxygens (including phenoxy) is 5. The van der Waals surface area contributed by atoms with Crippen molar-refractivity contribution in [2.45, 2.75) is 178 Å². The Balaban J connectivity index is 0.000000193. The van der Waals surface area contributed by atoms with Crippen LogP contribution in [0.15, 0.2) is 36.4 Å². The highest BCUT2D eigenvalue weighted by molar-refractivity contribution is 5.94. The molecule has 5 atom stereocenters. The molecule has 2 aromatic rings. The van der Waals surface area contributed by atoms with E-state index in [1.165, 1.54) is 25.7 Å². The average molecular weight is 809 g/mol. The van der Waals surface area contributed by atoms with E-state index in [0.29, 0.717) is 41.7 Å². The summed E-state index contributed by atoms with van der Waals surface area (Å²) in [6, 6.07) is 10.5. The lowest BCUT2D eigenvalue weighted by Gasteiger charge is -2.43. The van der Waals surface area contributed by atoms with E-state index < -0.39 is 23.0 Å². The SMILES string of the molecule is CCC(C)(C)C(=O)OC(C)(C)C1CCC(C(C)(C)C)CC1.CCC(C)(C)C(=O)OC1C2CC3C(=O)OC1C3O2.CCC(C)(C)C(=O)Oc1cccc2c(O)cccc12. The molecule has 0 radical (unpaired) electrons. The van der Waals surface area contributed by atoms with Crippen molar-refractivity contribution in [3.8, 4) is 11.5 Å². The van der Waals surface area contributed by atoms with Crippen LogP contribution in [0, 0.1) is 39.4 Å². The summed E-state index contributed by atoms with van der Waals surface area (Å²) in [7, 11) is 0. The van der Waals surface area contributed by atoms with Gasteiger partial charge < -0.3 is 28.8 Å². The number of fused-ring (bicyclic) bond motifs is 2. The van der Waals surface area contributed by atoms with E-state index in [2.05, 4.69) is 34.6 Å². The first kappa shape index (κ1) is 47.0. The highest BCUT2D eigenvalue weighted by Crippen LogP contribution is 2.48. The van der Waals surface area contributed by atoms with Gasteiger partial charge in [0.15, 0.2) is 12.2 Å². The number of phenols is 1. The van der Waals surface area contributed by atoms with Gasteiger partial charge in [0, 0.05) is 10.8 Å². The number of esters is 4. The standard InChI is InChI=1S/C19H36O2.C16H18O3.C13H18O5/c1-9-18(5,6)16(20)21-19(7,8)15-12-10-14(11-13-15)17(2,3)4;1-4-16(2,3)15(18)19-14-10-6-7-11-12(14)8-5-9-13(11)17;1-4-13(2,3)12(15)18-9-7-5-6-8(16-7)10(9)17-11(6)14/h14-15H,9-13H2,1-8H3;5-10,17H,4H2,1-3H3;6-10H,4-5H2,1-3H3. The minimum atomic E-state index is -0.515. The van der Waals surface area contributed by atoms with Crippen LogP contribution in [-0.2, 0) is 38.1 Å². The lowest BCUT2D eigenvalue weighted by Crippen LogP contribution is -2.43. The maximum Gasteiger partial charge on any atom is 0.316 e. The molecule has 0 spiro atoms. The summed E-state index contributed by atoms with van der Waals surface area (Å²) in [6.45, 7) is 28.5. The Morgan fingerprint density at radius 1 is 0.690 bits per heavy atom. The summed E-state index contributed by atoms with van der Waals surface area (Å²) < 4.78 is 27.9. The molecule has 2 bridgehead atoms. The molecule has 3 heterocycles. The van der Waals surface area contributed by atoms with Gasteiger partial charge in [-0.3, -0.25) is 19.2 Å². The fraction of sp³-hybridized carbons (Fsp3) is 0.708. The molecule has 4 fully saturated rings. The van der Waals surface area contributed by atoms with Crippen LogP contribution in [0.4, 0.5) is 0 Å². The van der Waals surface area contributed by atoms with Gasteiger partial charge >= 0.3 is 23.9 Å². The molecule has 3 saturated heterocycles. The Labute approximate surface area is 347 Å². The van der Waals surface area contributed by atoms with Crippen LogP contribution in [0.2, 0.25) is 0 Å². The van der Waals surface area contributed by atoms with Crippen LogP contribution < -0.4 is 4.74 Å². The van der Waals surface area contributed by atoms with E-state index in [0.717, 1.165) is 17.7 Å². The van der Waals surface area contributed by atoms with Crippen LogP contribution >= 0.6 is 0 Å². The second-order valence-corrected chi connectivity index (χ2v) is 20.4. The number of benzene rings is 2. The van der Waals surface area contributed by atoms with Crippen LogP contribution in [0.5, 0.6) is 11.5 Å². The highest BCUT2D eigenvalue weighted by Gasteiger charge is 2.65. The van der Waals surface area contributed by atoms with Crippen LogP contribution in [0.1, 0.15) is 148 Å². The molecule has 0 amide bonds. The number of rotatable bonds is 10. The fourth-order valence-corrected chi connectivity index (χ4v) is 7.80. The number of phenolic OH excluding ortho intramolecular Hbond substituents is 1. The molecule has 5 unspecified atom stereocenters. The first-order chi connectivity index (χ1) is 26.8. The molecular formula is C48H72O10. The normalized spacial score (nSPS) is 25.5. The molecular weight excluding hydrogens is 737 g/mol. The lowest BCUT2D eigenvalue weighted by molar-refractivity contribution is -0.174. The third kappa shape index (κ3) is 10.6. The zero-order chi connectivity index (χ0) is 43.6. The minimum absolute atomic E-state index is 0.0482. The molecule has 1 aliphatic carbocycles. The minimum Gasteiger partial charge on any atom is -0.507 e. The van der Waals surface area contributed by atoms with Gasteiger partial charge in [0.25, 0.3) is 0 Å². The third-order valence-electron chi connectivity index (χ3n) is 13.7. The van der Waals surface area contributed by atoms with Gasteiger partial charge in [-0.25, -0.2) is 0 Å². The van der Waals surface area contributed by atoms with Crippen molar-refractivity contribution >= 4 is 34.6 Å². The number of carbonyl (C=O) groups is 4. The summed E-state index contributed by atoms with van der Waals surface area (Å²) in [5.74, 6) is 1.06. The Morgan fingerprint density at radius 3 is 1.78 bits per heavy atom. The largest absolute Gasteiger partial charge is 0.507 e. The van der Waals surface area contributed by atoms with Gasteiger partial charge in [-0.15, -0.1) is 0 Å². The summed E-state index contributed by atoms with van der Waals surface area (Å²) >= 11 is 0. The molecule has 58 heavy (non-hydrogen) atoms. The predicted octanol–water partition coefficient (Wildman–Crippen LogP) is 10.5. The van der Waals surface area contributed by atoms with Crippen molar-refractivity contribution < 1.29 is 48.0 Å². The van der Waals surface area contributed by atoms with Crippen molar-refractivity contribution in [1.29, 1.82) is 0 Å². The summed E-state index contributed by atoms with van der Waals surface area (Å²) in [5, 5.41) is 11.2. The predicted molar refractivity (Wildman–Crippen MR) is 225 cm³/mol. The summed E-state index contributed by atoms with van der Waals surface area (Å²) in [6.07, 6.45) is 6.53. The molecule has 2 aromatic carbocycles. The van der Waals surface area contributed by atoms with E-state index >= 15 is 0 Å². The second-order valence-electron chi connectivity index (χ2n) is 20.4. The molecule has 10 heteroatoms. The first-order valence-corrected chi connectivity index (χ1v) is 21.5. The quantitative estimate of drug-likeness (QED) is 0.140. The van der Waals surface area contributed by atoms with Gasteiger partial charge in [-0.05, 0) is 136 Å². The second kappa shape index (κ2) is 17.9. The maximum absolute atomic E-state index is 12.4. The topological polar surface area (TPSA) is 135 Å². The van der Waals surface area contributed by atoms with E-state index in [1.54, 1.807) is 30.3 Å². The van der Waals surface area contributed by atoms with Gasteiger partial charge in [0.1, 0.15) is 23.2 Å². The molecule has 1 saturated carbocycles. The van der Waals surface area contributed by atoms with Gasteiger partial charge in [-0.1, -0.05) is 65.8 Å². The molecule has 4 aliphatic rings. The maximum atomic E-state index is 12.4. The van der Waals surface area contributed by atoms with E-state index in [-0.39, 0.29) is 58.8 Å². The molecule has 324 valence electrons. The van der Waals surface area contributed by atoms with E-state index in [1.807, 2.05) is 68.4 Å². The van der Waals surface area contributed by atoms with E-state index in [9.17, 15) is 24.3 Å². The van der Waals surface area contributed by atoms with Crippen molar-refractivity contribution in [3.63, 3.8) is 0 Å². The number of aromatic hydroxyl groups is 1. The number of hydrogen-bond acceptors (Lipinski definition) is 10. The Morgan fingerprint density at radius 2 is 1.21 bits per heavy atom. The van der Waals surface area contributed by atoms with Gasteiger partial charge in [0.05, 0.1) is 28.3 Å². The molecule has 3 aliphatic heterocycles. The Bertz CT molecular complexity index is 1770. The molecule has 0 aromatic heterocycles. The molecule has 6 rings (SSSR count). The smallest absolute Gasteiger partial charge is 0.316 e. The van der Waals surface area contributed by atoms with Crippen LogP contribution in [-0.4, -0.2) is 59.0 Å². The van der Waals surface area contributed by atoms with Crippen molar-refractivity contribution in [3.05, 3.63) is 36.4 Å². The molecule has 10 nitrogen and oxygen atoms in total. The number of hydrogen-bond donors (Lipinski definition) is 1. The van der Waals surface area contributed by atoms with Crippen LogP contribution in [0.25, 0.3) is 10.8 Å². The fourth-order valence-electron chi connectivity index (χ4n) is 7.80. The number of carbonyl (C=O) groups excluding carboxylic acids is 4. The Kier molecular flexibility index (Phi) is 14.5. The third-order valence-corrected chi connectivity index (χ3v) is 13.7. The Hall–Kier alpha value is -3.66.